The molecule has 4 nitrogen and oxygen atoms in total. The first-order valence-corrected chi connectivity index (χ1v) is 5.86. The molecule has 96 valence electrons. The van der Waals surface area contributed by atoms with E-state index in [0.717, 1.165) is 11.4 Å². The van der Waals surface area contributed by atoms with Gasteiger partial charge in [0, 0.05) is 5.02 Å². The van der Waals surface area contributed by atoms with Crippen LogP contribution in [0.2, 0.25) is 5.02 Å². The number of rotatable bonds is 5. The summed E-state index contributed by atoms with van der Waals surface area (Å²) in [6, 6.07) is 8.91. The zero-order valence-corrected chi connectivity index (χ0v) is 10.7. The fourth-order valence-electron chi connectivity index (χ4n) is 1.60. The van der Waals surface area contributed by atoms with Crippen molar-refractivity contribution in [2.75, 3.05) is 12.4 Å². The predicted molar refractivity (Wildman–Crippen MR) is 70.0 cm³/mol. The van der Waals surface area contributed by atoms with Crippen molar-refractivity contribution in [2.45, 2.75) is 13.2 Å². The van der Waals surface area contributed by atoms with Gasteiger partial charge in [-0.25, -0.2) is 0 Å². The summed E-state index contributed by atoms with van der Waals surface area (Å²) < 4.78 is 10.6. The molecule has 1 aromatic carbocycles. The molecule has 1 heterocycles. The maximum Gasteiger partial charge on any atom is 0.142 e. The number of furan rings is 1. The molecule has 0 aliphatic heterocycles. The van der Waals surface area contributed by atoms with Crippen molar-refractivity contribution in [3.8, 4) is 5.75 Å². The number of nitrogens with one attached hydrogen (secondary N) is 1. The minimum absolute atomic E-state index is 0.0967. The van der Waals surface area contributed by atoms with E-state index < -0.39 is 0 Å². The molecule has 0 fully saturated rings. The van der Waals surface area contributed by atoms with E-state index in [1.54, 1.807) is 31.4 Å². The van der Waals surface area contributed by atoms with Gasteiger partial charge in [0.15, 0.2) is 0 Å². The largest absolute Gasteiger partial charge is 0.495 e. The molecule has 0 radical (unpaired) electrons. The Morgan fingerprint density at radius 3 is 2.72 bits per heavy atom. The van der Waals surface area contributed by atoms with Crippen LogP contribution >= 0.6 is 11.6 Å². The summed E-state index contributed by atoms with van der Waals surface area (Å²) in [5, 5.41) is 12.7. The highest BCUT2D eigenvalue weighted by atomic mass is 35.5. The molecule has 0 saturated carbocycles. The molecule has 18 heavy (non-hydrogen) atoms. The molecular formula is C13H14ClNO3. The highest BCUT2D eigenvalue weighted by Gasteiger charge is 2.05. The monoisotopic (exact) mass is 267 g/mol. The summed E-state index contributed by atoms with van der Waals surface area (Å²) in [4.78, 5) is 0. The van der Waals surface area contributed by atoms with Gasteiger partial charge >= 0.3 is 0 Å². The number of ether oxygens (including phenoxy) is 1. The average Bonchev–Trinajstić information content (AvgIpc) is 2.84. The zero-order valence-electron chi connectivity index (χ0n) is 9.94. The standard InChI is InChI=1S/C13H14ClNO3/c1-17-13-5-2-9(14)6-12(13)15-7-10-3-4-11(8-16)18-10/h2-6,15-16H,7-8H2,1H3. The Hall–Kier alpha value is -1.65. The lowest BCUT2D eigenvalue weighted by atomic mass is 10.3. The van der Waals surface area contributed by atoms with Crippen LogP contribution in [-0.4, -0.2) is 12.2 Å². The smallest absolute Gasteiger partial charge is 0.142 e. The van der Waals surface area contributed by atoms with Crippen LogP contribution < -0.4 is 10.1 Å². The lowest BCUT2D eigenvalue weighted by Gasteiger charge is -2.10. The van der Waals surface area contributed by atoms with Crippen LogP contribution in [0.5, 0.6) is 5.75 Å². The van der Waals surface area contributed by atoms with E-state index in [-0.39, 0.29) is 6.61 Å². The number of anilines is 1. The van der Waals surface area contributed by atoms with Crippen LogP contribution in [-0.2, 0) is 13.2 Å². The number of aliphatic hydroxyl groups is 1. The van der Waals surface area contributed by atoms with E-state index in [9.17, 15) is 0 Å². The van der Waals surface area contributed by atoms with Gasteiger partial charge in [-0.05, 0) is 30.3 Å². The molecule has 2 rings (SSSR count). The number of benzene rings is 1. The number of hydrogen-bond acceptors (Lipinski definition) is 4. The molecule has 0 bridgehead atoms. The van der Waals surface area contributed by atoms with E-state index in [4.69, 9.17) is 25.9 Å². The molecule has 5 heteroatoms. The van der Waals surface area contributed by atoms with Gasteiger partial charge in [0.05, 0.1) is 19.3 Å². The Bertz CT molecular complexity index is 525. The summed E-state index contributed by atoms with van der Waals surface area (Å²) in [6.07, 6.45) is 0. The summed E-state index contributed by atoms with van der Waals surface area (Å²) in [5.74, 6) is 2.00. The van der Waals surface area contributed by atoms with Gasteiger partial charge in [0.25, 0.3) is 0 Å². The van der Waals surface area contributed by atoms with E-state index in [1.165, 1.54) is 0 Å². The zero-order chi connectivity index (χ0) is 13.0. The van der Waals surface area contributed by atoms with E-state index in [0.29, 0.717) is 23.1 Å². The number of aliphatic hydroxyl groups excluding tert-OH is 1. The van der Waals surface area contributed by atoms with E-state index >= 15 is 0 Å². The minimum Gasteiger partial charge on any atom is -0.495 e. The van der Waals surface area contributed by atoms with Crippen molar-refractivity contribution in [2.24, 2.45) is 0 Å². The Balaban J connectivity index is 2.07. The maximum atomic E-state index is 8.90. The first-order valence-electron chi connectivity index (χ1n) is 5.49. The first-order chi connectivity index (χ1) is 8.72. The van der Waals surface area contributed by atoms with E-state index in [2.05, 4.69) is 5.32 Å². The Morgan fingerprint density at radius 1 is 1.28 bits per heavy atom. The van der Waals surface area contributed by atoms with Gasteiger partial charge in [-0.3, -0.25) is 0 Å². The second kappa shape index (κ2) is 5.80. The molecule has 2 aromatic rings. The van der Waals surface area contributed by atoms with Gasteiger partial charge in [-0.2, -0.15) is 0 Å². The molecule has 1 aromatic heterocycles. The minimum atomic E-state index is -0.0967. The first kappa shape index (κ1) is 12.8. The van der Waals surface area contributed by atoms with Crippen molar-refractivity contribution >= 4 is 17.3 Å². The van der Waals surface area contributed by atoms with Gasteiger partial charge < -0.3 is 19.6 Å². The Morgan fingerprint density at radius 2 is 2.06 bits per heavy atom. The van der Waals surface area contributed by atoms with Crippen molar-refractivity contribution < 1.29 is 14.3 Å². The fraction of sp³-hybridized carbons (Fsp3) is 0.231. The third kappa shape index (κ3) is 2.97. The van der Waals surface area contributed by atoms with Crippen molar-refractivity contribution in [1.29, 1.82) is 0 Å². The predicted octanol–water partition coefficient (Wildman–Crippen LogP) is 3.05. The van der Waals surface area contributed by atoms with Crippen LogP contribution in [0.25, 0.3) is 0 Å². The van der Waals surface area contributed by atoms with Gasteiger partial charge in [0.2, 0.25) is 0 Å². The topological polar surface area (TPSA) is 54.6 Å². The van der Waals surface area contributed by atoms with Crippen LogP contribution in [0, 0.1) is 0 Å². The molecule has 0 unspecified atom stereocenters. The summed E-state index contributed by atoms with van der Waals surface area (Å²) in [5.41, 5.74) is 0.798. The van der Waals surface area contributed by atoms with E-state index in [1.807, 2.05) is 6.07 Å². The van der Waals surface area contributed by atoms with Crippen molar-refractivity contribution in [1.82, 2.24) is 0 Å². The number of halogens is 1. The lowest BCUT2D eigenvalue weighted by Crippen LogP contribution is -2.00. The third-order valence-corrected chi connectivity index (χ3v) is 2.72. The Kier molecular flexibility index (Phi) is 4.12. The summed E-state index contributed by atoms with van der Waals surface area (Å²) in [6.45, 7) is 0.400. The van der Waals surface area contributed by atoms with Crippen molar-refractivity contribution in [3.63, 3.8) is 0 Å². The highest BCUT2D eigenvalue weighted by Crippen LogP contribution is 2.28. The SMILES string of the molecule is COc1ccc(Cl)cc1NCc1ccc(CO)o1. The van der Waals surface area contributed by atoms with Crippen LogP contribution in [0.15, 0.2) is 34.7 Å². The fourth-order valence-corrected chi connectivity index (χ4v) is 1.78. The third-order valence-electron chi connectivity index (χ3n) is 2.49. The summed E-state index contributed by atoms with van der Waals surface area (Å²) >= 11 is 5.93. The Labute approximate surface area is 110 Å². The lowest BCUT2D eigenvalue weighted by molar-refractivity contribution is 0.244. The molecule has 0 aliphatic rings. The molecule has 0 saturated heterocycles. The molecule has 0 atom stereocenters. The number of methoxy groups -OCH3 is 1. The molecule has 2 N–H and O–H groups in total. The van der Waals surface area contributed by atoms with Gasteiger partial charge in [-0.15, -0.1) is 0 Å². The van der Waals surface area contributed by atoms with Gasteiger partial charge in [0.1, 0.15) is 23.9 Å². The van der Waals surface area contributed by atoms with Crippen LogP contribution in [0.1, 0.15) is 11.5 Å². The second-order valence-electron chi connectivity index (χ2n) is 3.72. The molecule has 0 spiro atoms. The van der Waals surface area contributed by atoms with Crippen LogP contribution in [0.3, 0.4) is 0 Å². The normalized spacial score (nSPS) is 10.4. The molecule has 0 amide bonds. The van der Waals surface area contributed by atoms with Gasteiger partial charge in [-0.1, -0.05) is 11.6 Å². The molecular weight excluding hydrogens is 254 g/mol. The maximum absolute atomic E-state index is 8.90. The highest BCUT2D eigenvalue weighted by molar-refractivity contribution is 6.30. The van der Waals surface area contributed by atoms with Crippen molar-refractivity contribution in [3.05, 3.63) is 46.9 Å². The van der Waals surface area contributed by atoms with Crippen LogP contribution in [0.4, 0.5) is 5.69 Å². The number of hydrogen-bond donors (Lipinski definition) is 2. The summed E-state index contributed by atoms with van der Waals surface area (Å²) in [7, 11) is 1.60. The quantitative estimate of drug-likeness (QED) is 0.874. The second-order valence-corrected chi connectivity index (χ2v) is 4.16. The molecule has 0 aliphatic carbocycles. The average molecular weight is 268 g/mol.